The van der Waals surface area contributed by atoms with Crippen LogP contribution in [-0.2, 0) is 20.6 Å². The van der Waals surface area contributed by atoms with Gasteiger partial charge in [0, 0.05) is 24.9 Å². The Morgan fingerprint density at radius 3 is 2.65 bits per heavy atom. The second-order valence-electron chi connectivity index (χ2n) is 6.05. The Labute approximate surface area is 117 Å². The van der Waals surface area contributed by atoms with E-state index in [1.54, 1.807) is 16.9 Å². The van der Waals surface area contributed by atoms with Gasteiger partial charge in [0.25, 0.3) is 0 Å². The average Bonchev–Trinajstić information content (AvgIpc) is 2.80. The summed E-state index contributed by atoms with van der Waals surface area (Å²) in [5, 5.41) is 4.20. The number of amides is 1. The number of hydrogen-bond donors (Lipinski definition) is 0. The third-order valence-electron chi connectivity index (χ3n) is 3.17. The van der Waals surface area contributed by atoms with Gasteiger partial charge in [0.2, 0.25) is 5.91 Å². The summed E-state index contributed by atoms with van der Waals surface area (Å²) in [5.74, 6) is -0.717. The van der Waals surface area contributed by atoms with Crippen molar-refractivity contribution in [1.29, 1.82) is 0 Å². The van der Waals surface area contributed by atoms with Crippen LogP contribution in [0.4, 0.5) is 9.70 Å². The highest BCUT2D eigenvalue weighted by molar-refractivity contribution is 7.86. The van der Waals surface area contributed by atoms with Crippen molar-refractivity contribution in [2.45, 2.75) is 32.7 Å². The van der Waals surface area contributed by atoms with Crippen LogP contribution in [0.5, 0.6) is 0 Å². The molecule has 1 amide bonds. The zero-order valence-electron chi connectivity index (χ0n) is 11.7. The first-order valence-corrected chi connectivity index (χ1v) is 7.90. The third-order valence-corrected chi connectivity index (χ3v) is 4.04. The third kappa shape index (κ3) is 3.17. The van der Waals surface area contributed by atoms with Crippen LogP contribution in [0.2, 0.25) is 0 Å². The lowest BCUT2D eigenvalue weighted by Crippen LogP contribution is -2.33. The number of carbonyl (C=O) groups is 1. The fourth-order valence-corrected chi connectivity index (χ4v) is 3.20. The molecule has 0 bridgehead atoms. The molecule has 1 unspecified atom stereocenters. The topological polar surface area (TPSA) is 72.3 Å². The summed E-state index contributed by atoms with van der Waals surface area (Å²) in [5.41, 5.74) is -0.302. The van der Waals surface area contributed by atoms with E-state index in [4.69, 9.17) is 0 Å². The van der Waals surface area contributed by atoms with E-state index in [9.17, 15) is 17.1 Å². The summed E-state index contributed by atoms with van der Waals surface area (Å²) in [6, 6.07) is 1.70. The number of nitrogens with zero attached hydrogens (tertiary/aromatic N) is 3. The Hall–Kier alpha value is -1.44. The minimum atomic E-state index is -4.56. The predicted molar refractivity (Wildman–Crippen MR) is 72.6 cm³/mol. The van der Waals surface area contributed by atoms with E-state index in [-0.39, 0.29) is 24.4 Å². The van der Waals surface area contributed by atoms with Gasteiger partial charge in [0.15, 0.2) is 0 Å². The monoisotopic (exact) mass is 303 g/mol. The molecular formula is C12H18FN3O3S. The van der Waals surface area contributed by atoms with Gasteiger partial charge < -0.3 is 0 Å². The molecule has 1 aliphatic rings. The molecule has 2 heterocycles. The van der Waals surface area contributed by atoms with Crippen molar-refractivity contribution in [3.63, 3.8) is 0 Å². The standard InChI is InChI=1S/C12H18FN3O3S/c1-12(2,3)16-10(4-5-14-16)15-7-9(6-11(15)17)8-20(13,18)19/h4-5,9H,6-8H2,1-3H3. The summed E-state index contributed by atoms with van der Waals surface area (Å²) in [4.78, 5) is 13.5. The molecule has 1 atom stereocenters. The quantitative estimate of drug-likeness (QED) is 0.789. The lowest BCUT2D eigenvalue weighted by molar-refractivity contribution is -0.117. The van der Waals surface area contributed by atoms with Crippen molar-refractivity contribution in [1.82, 2.24) is 9.78 Å². The number of halogens is 1. The first kappa shape index (κ1) is 15.0. The van der Waals surface area contributed by atoms with Crippen molar-refractivity contribution < 1.29 is 17.1 Å². The van der Waals surface area contributed by atoms with E-state index in [1.165, 1.54) is 4.90 Å². The molecule has 6 nitrogen and oxygen atoms in total. The fraction of sp³-hybridized carbons (Fsp3) is 0.667. The lowest BCUT2D eigenvalue weighted by atomic mass is 10.1. The first-order chi connectivity index (χ1) is 9.08. The Balaban J connectivity index is 2.23. The average molecular weight is 303 g/mol. The highest BCUT2D eigenvalue weighted by atomic mass is 32.3. The number of hydrogen-bond acceptors (Lipinski definition) is 4. The largest absolute Gasteiger partial charge is 0.302 e. The maximum absolute atomic E-state index is 12.7. The SMILES string of the molecule is CC(C)(C)n1nccc1N1CC(CS(=O)(=O)F)CC1=O. The smallest absolute Gasteiger partial charge is 0.297 e. The molecule has 112 valence electrons. The minimum absolute atomic E-state index is 0.0402. The normalized spacial score (nSPS) is 20.7. The minimum Gasteiger partial charge on any atom is -0.297 e. The van der Waals surface area contributed by atoms with E-state index in [1.807, 2.05) is 20.8 Å². The molecule has 0 N–H and O–H groups in total. The van der Waals surface area contributed by atoms with Crippen molar-refractivity contribution in [3.05, 3.63) is 12.3 Å². The van der Waals surface area contributed by atoms with Crippen LogP contribution >= 0.6 is 0 Å². The molecule has 0 spiro atoms. The number of anilines is 1. The van der Waals surface area contributed by atoms with Crippen LogP contribution in [-0.4, -0.2) is 36.4 Å². The van der Waals surface area contributed by atoms with Gasteiger partial charge in [0.1, 0.15) is 5.82 Å². The van der Waals surface area contributed by atoms with E-state index >= 15 is 0 Å². The summed E-state index contributed by atoms with van der Waals surface area (Å²) >= 11 is 0. The van der Waals surface area contributed by atoms with Crippen LogP contribution in [0.25, 0.3) is 0 Å². The summed E-state index contributed by atoms with van der Waals surface area (Å²) < 4.78 is 35.8. The van der Waals surface area contributed by atoms with Gasteiger partial charge in [-0.15, -0.1) is 3.89 Å². The Kier molecular flexibility index (Phi) is 3.62. The van der Waals surface area contributed by atoms with E-state index in [2.05, 4.69) is 5.10 Å². The van der Waals surface area contributed by atoms with Crippen LogP contribution in [0.3, 0.4) is 0 Å². The van der Waals surface area contributed by atoms with Crippen molar-refractivity contribution in [2.24, 2.45) is 5.92 Å². The van der Waals surface area contributed by atoms with Gasteiger partial charge in [-0.2, -0.15) is 13.5 Å². The molecule has 1 fully saturated rings. The summed E-state index contributed by atoms with van der Waals surface area (Å²) in [6.07, 6.45) is 1.63. The van der Waals surface area contributed by atoms with Crippen LogP contribution in [0.1, 0.15) is 27.2 Å². The summed E-state index contributed by atoms with van der Waals surface area (Å²) in [7, 11) is -4.56. The molecule has 1 saturated heterocycles. The van der Waals surface area contributed by atoms with Crippen molar-refractivity contribution in [3.8, 4) is 0 Å². The molecule has 0 radical (unpaired) electrons. The number of aromatic nitrogens is 2. The summed E-state index contributed by atoms with van der Waals surface area (Å²) in [6.45, 7) is 6.05. The molecule has 20 heavy (non-hydrogen) atoms. The van der Waals surface area contributed by atoms with E-state index in [0.29, 0.717) is 5.82 Å². The van der Waals surface area contributed by atoms with Gasteiger partial charge >= 0.3 is 10.2 Å². The van der Waals surface area contributed by atoms with Gasteiger partial charge in [-0.3, -0.25) is 9.69 Å². The van der Waals surface area contributed by atoms with Crippen LogP contribution in [0, 0.1) is 5.92 Å². The highest BCUT2D eigenvalue weighted by Crippen LogP contribution is 2.29. The maximum atomic E-state index is 12.7. The molecule has 8 heteroatoms. The molecule has 0 aromatic carbocycles. The zero-order valence-corrected chi connectivity index (χ0v) is 12.5. The Bertz CT molecular complexity index is 618. The highest BCUT2D eigenvalue weighted by Gasteiger charge is 2.36. The van der Waals surface area contributed by atoms with E-state index < -0.39 is 21.9 Å². The van der Waals surface area contributed by atoms with Crippen molar-refractivity contribution >= 4 is 21.9 Å². The molecule has 0 aliphatic carbocycles. The second-order valence-corrected chi connectivity index (χ2v) is 7.46. The Morgan fingerprint density at radius 2 is 2.10 bits per heavy atom. The molecule has 1 aromatic rings. The van der Waals surface area contributed by atoms with Crippen LogP contribution < -0.4 is 4.90 Å². The molecule has 2 rings (SSSR count). The molecule has 1 aromatic heterocycles. The van der Waals surface area contributed by atoms with Gasteiger partial charge in [0.05, 0.1) is 17.5 Å². The van der Waals surface area contributed by atoms with E-state index in [0.717, 1.165) is 0 Å². The number of rotatable bonds is 3. The maximum Gasteiger partial charge on any atom is 0.302 e. The zero-order chi connectivity index (χ0) is 15.1. The molecular weight excluding hydrogens is 285 g/mol. The molecule has 1 aliphatic heterocycles. The number of carbonyl (C=O) groups excluding carboxylic acids is 1. The van der Waals surface area contributed by atoms with Crippen molar-refractivity contribution in [2.75, 3.05) is 17.2 Å². The Morgan fingerprint density at radius 1 is 1.45 bits per heavy atom. The predicted octanol–water partition coefficient (Wildman–Crippen LogP) is 1.29. The van der Waals surface area contributed by atoms with Gasteiger partial charge in [-0.1, -0.05) is 0 Å². The molecule has 0 saturated carbocycles. The van der Waals surface area contributed by atoms with Gasteiger partial charge in [-0.25, -0.2) is 4.68 Å². The lowest BCUT2D eigenvalue weighted by Gasteiger charge is -2.26. The van der Waals surface area contributed by atoms with Crippen LogP contribution in [0.15, 0.2) is 12.3 Å². The first-order valence-electron chi connectivity index (χ1n) is 6.35. The van der Waals surface area contributed by atoms with Gasteiger partial charge in [-0.05, 0) is 20.8 Å². The second kappa shape index (κ2) is 4.83. The fourth-order valence-electron chi connectivity index (χ4n) is 2.41.